The van der Waals surface area contributed by atoms with Gasteiger partial charge in [0, 0.05) is 49.9 Å². The first kappa shape index (κ1) is 19.6. The molecule has 3 heterocycles. The van der Waals surface area contributed by atoms with Gasteiger partial charge in [-0.15, -0.1) is 0 Å². The van der Waals surface area contributed by atoms with Gasteiger partial charge in [0.25, 0.3) is 5.91 Å². The Balaban J connectivity index is 1.51. The molecule has 0 aliphatic carbocycles. The highest BCUT2D eigenvalue weighted by Crippen LogP contribution is 2.23. The van der Waals surface area contributed by atoms with E-state index in [1.54, 1.807) is 4.52 Å². The number of hydrogen-bond acceptors (Lipinski definition) is 4. The molecule has 1 aliphatic rings. The maximum atomic E-state index is 13.3. The topological polar surface area (TPSA) is 53.7 Å². The Hall–Kier alpha value is -2.73. The van der Waals surface area contributed by atoms with Gasteiger partial charge < -0.3 is 4.90 Å². The maximum Gasteiger partial charge on any atom is 0.272 e. The van der Waals surface area contributed by atoms with Crippen molar-refractivity contribution in [3.8, 4) is 0 Å². The highest BCUT2D eigenvalue weighted by Gasteiger charge is 2.26. The Bertz CT molecular complexity index is 1010. The van der Waals surface area contributed by atoms with Gasteiger partial charge in [0.2, 0.25) is 0 Å². The van der Waals surface area contributed by atoms with E-state index in [1.807, 2.05) is 30.0 Å². The van der Waals surface area contributed by atoms with Crippen LogP contribution in [0.5, 0.6) is 0 Å². The summed E-state index contributed by atoms with van der Waals surface area (Å²) in [5, 5.41) is 4.71. The van der Waals surface area contributed by atoms with Crippen molar-refractivity contribution < 1.29 is 4.79 Å². The van der Waals surface area contributed by atoms with E-state index in [-0.39, 0.29) is 11.3 Å². The summed E-state index contributed by atoms with van der Waals surface area (Å²) in [7, 11) is 0. The Morgan fingerprint density at radius 1 is 1.03 bits per heavy atom. The van der Waals surface area contributed by atoms with E-state index in [0.717, 1.165) is 49.8 Å². The average molecular weight is 392 g/mol. The number of nitrogens with zero attached hydrogens (tertiary/aromatic N) is 5. The fraction of sp³-hybridized carbons (Fsp3) is 0.435. The summed E-state index contributed by atoms with van der Waals surface area (Å²) < 4.78 is 1.71. The number of benzene rings is 1. The van der Waals surface area contributed by atoms with E-state index in [2.05, 4.69) is 54.9 Å². The van der Waals surface area contributed by atoms with Gasteiger partial charge in [0.15, 0.2) is 5.65 Å². The molecule has 3 aromatic rings. The van der Waals surface area contributed by atoms with Gasteiger partial charge >= 0.3 is 0 Å². The first-order valence-electron chi connectivity index (χ1n) is 10.2. The highest BCUT2D eigenvalue weighted by atomic mass is 16.2. The van der Waals surface area contributed by atoms with Gasteiger partial charge in [-0.2, -0.15) is 5.10 Å². The minimum atomic E-state index is -0.0923. The third-order valence-electron chi connectivity index (χ3n) is 5.45. The lowest BCUT2D eigenvalue weighted by atomic mass is 9.93. The Morgan fingerprint density at radius 2 is 1.72 bits per heavy atom. The van der Waals surface area contributed by atoms with Crippen molar-refractivity contribution in [2.45, 2.75) is 39.7 Å². The molecule has 152 valence electrons. The molecule has 0 bridgehead atoms. The zero-order valence-corrected chi connectivity index (χ0v) is 17.7. The summed E-state index contributed by atoms with van der Waals surface area (Å²) in [4.78, 5) is 22.2. The molecule has 1 aliphatic heterocycles. The third-order valence-corrected chi connectivity index (χ3v) is 5.45. The number of amides is 1. The highest BCUT2D eigenvalue weighted by molar-refractivity contribution is 5.93. The van der Waals surface area contributed by atoms with Gasteiger partial charge in [-0.1, -0.05) is 51.1 Å². The SMILES string of the molecule is Cc1cc(C(=O)N2CCN(Cc3ccccc3)CC2)n2nc(C(C)(C)C)cc2n1. The molecular weight excluding hydrogens is 362 g/mol. The zero-order valence-electron chi connectivity index (χ0n) is 17.7. The first-order valence-corrected chi connectivity index (χ1v) is 10.2. The van der Waals surface area contributed by atoms with E-state index < -0.39 is 0 Å². The maximum absolute atomic E-state index is 13.3. The summed E-state index contributed by atoms with van der Waals surface area (Å²) in [6.07, 6.45) is 0. The van der Waals surface area contributed by atoms with E-state index in [0.29, 0.717) is 5.69 Å². The van der Waals surface area contributed by atoms with E-state index in [9.17, 15) is 4.79 Å². The molecule has 0 spiro atoms. The summed E-state index contributed by atoms with van der Waals surface area (Å²) in [6, 6.07) is 14.3. The van der Waals surface area contributed by atoms with Crippen LogP contribution < -0.4 is 0 Å². The normalized spacial score (nSPS) is 15.8. The molecule has 6 heteroatoms. The molecule has 0 atom stereocenters. The number of carbonyl (C=O) groups is 1. The van der Waals surface area contributed by atoms with E-state index in [1.165, 1.54) is 5.56 Å². The molecule has 2 aromatic heterocycles. The van der Waals surface area contributed by atoms with Crippen LogP contribution in [0.3, 0.4) is 0 Å². The van der Waals surface area contributed by atoms with Gasteiger partial charge in [-0.05, 0) is 18.6 Å². The summed E-state index contributed by atoms with van der Waals surface area (Å²) in [5.41, 5.74) is 4.33. The summed E-state index contributed by atoms with van der Waals surface area (Å²) in [6.45, 7) is 12.4. The van der Waals surface area contributed by atoms with Crippen molar-refractivity contribution >= 4 is 11.6 Å². The van der Waals surface area contributed by atoms with Crippen molar-refractivity contribution in [3.63, 3.8) is 0 Å². The average Bonchev–Trinajstić information content (AvgIpc) is 3.13. The van der Waals surface area contributed by atoms with Crippen LogP contribution in [-0.2, 0) is 12.0 Å². The summed E-state index contributed by atoms with van der Waals surface area (Å²) in [5.74, 6) is 0.0309. The van der Waals surface area contributed by atoms with E-state index >= 15 is 0 Å². The van der Waals surface area contributed by atoms with Crippen LogP contribution in [0.4, 0.5) is 0 Å². The lowest BCUT2D eigenvalue weighted by Gasteiger charge is -2.34. The number of carbonyl (C=O) groups excluding carboxylic acids is 1. The molecule has 0 N–H and O–H groups in total. The van der Waals surface area contributed by atoms with Crippen molar-refractivity contribution in [1.82, 2.24) is 24.4 Å². The summed E-state index contributed by atoms with van der Waals surface area (Å²) >= 11 is 0. The number of piperazine rings is 1. The molecule has 0 radical (unpaired) electrons. The standard InChI is InChI=1S/C23H29N5O/c1-17-14-19(28-21(24-17)15-20(25-28)23(2,3)4)22(29)27-12-10-26(11-13-27)16-18-8-6-5-7-9-18/h5-9,14-15H,10-13,16H2,1-4H3. The molecule has 6 nitrogen and oxygen atoms in total. The molecule has 1 saturated heterocycles. The number of rotatable bonds is 3. The van der Waals surface area contributed by atoms with Crippen LogP contribution in [0.1, 0.15) is 48.2 Å². The van der Waals surface area contributed by atoms with Crippen LogP contribution in [0, 0.1) is 6.92 Å². The minimum absolute atomic E-state index is 0.0309. The monoisotopic (exact) mass is 391 g/mol. The van der Waals surface area contributed by atoms with Gasteiger partial charge in [-0.25, -0.2) is 9.50 Å². The van der Waals surface area contributed by atoms with Crippen molar-refractivity contribution in [1.29, 1.82) is 0 Å². The van der Waals surface area contributed by atoms with Crippen molar-refractivity contribution in [2.24, 2.45) is 0 Å². The molecular formula is C23H29N5O. The minimum Gasteiger partial charge on any atom is -0.335 e. The molecule has 1 amide bonds. The first-order chi connectivity index (χ1) is 13.8. The fourth-order valence-corrected chi connectivity index (χ4v) is 3.73. The number of aromatic nitrogens is 3. The number of hydrogen-bond donors (Lipinski definition) is 0. The predicted molar refractivity (Wildman–Crippen MR) is 114 cm³/mol. The van der Waals surface area contributed by atoms with Crippen LogP contribution in [0.25, 0.3) is 5.65 Å². The van der Waals surface area contributed by atoms with Crippen LogP contribution in [0.2, 0.25) is 0 Å². The predicted octanol–water partition coefficient (Wildman–Crippen LogP) is 3.29. The van der Waals surface area contributed by atoms with Crippen molar-refractivity contribution in [2.75, 3.05) is 26.2 Å². The second-order valence-corrected chi connectivity index (χ2v) is 8.89. The molecule has 1 aromatic carbocycles. The number of aryl methyl sites for hydroxylation is 1. The van der Waals surface area contributed by atoms with Crippen LogP contribution >= 0.6 is 0 Å². The molecule has 0 saturated carbocycles. The quantitative estimate of drug-likeness (QED) is 0.687. The smallest absolute Gasteiger partial charge is 0.272 e. The second kappa shape index (κ2) is 7.59. The fourth-order valence-electron chi connectivity index (χ4n) is 3.73. The lowest BCUT2D eigenvalue weighted by molar-refractivity contribution is 0.0619. The second-order valence-electron chi connectivity index (χ2n) is 8.89. The lowest BCUT2D eigenvalue weighted by Crippen LogP contribution is -2.48. The molecule has 1 fully saturated rings. The molecule has 4 rings (SSSR count). The Morgan fingerprint density at radius 3 is 2.38 bits per heavy atom. The Kier molecular flexibility index (Phi) is 5.13. The zero-order chi connectivity index (χ0) is 20.6. The largest absolute Gasteiger partial charge is 0.335 e. The van der Waals surface area contributed by atoms with E-state index in [4.69, 9.17) is 5.10 Å². The van der Waals surface area contributed by atoms with Crippen molar-refractivity contribution in [3.05, 3.63) is 65.1 Å². The Labute approximate surface area is 172 Å². The van der Waals surface area contributed by atoms with Crippen LogP contribution in [0.15, 0.2) is 42.5 Å². The third kappa shape index (κ3) is 4.17. The molecule has 0 unspecified atom stereocenters. The number of fused-ring (bicyclic) bond motifs is 1. The van der Waals surface area contributed by atoms with Gasteiger partial charge in [0.1, 0.15) is 5.69 Å². The molecule has 29 heavy (non-hydrogen) atoms. The van der Waals surface area contributed by atoms with Gasteiger partial charge in [0.05, 0.1) is 5.69 Å². The van der Waals surface area contributed by atoms with Crippen LogP contribution in [-0.4, -0.2) is 56.5 Å². The van der Waals surface area contributed by atoms with Gasteiger partial charge in [-0.3, -0.25) is 9.69 Å².